The van der Waals surface area contributed by atoms with Crippen molar-refractivity contribution < 1.29 is 14.2 Å². The Labute approximate surface area is 213 Å². The summed E-state index contributed by atoms with van der Waals surface area (Å²) in [6.07, 6.45) is 5.52. The molecule has 4 N–H and O–H groups in total. The topological polar surface area (TPSA) is 79.7 Å². The molecule has 0 heterocycles. The van der Waals surface area contributed by atoms with Crippen molar-refractivity contribution in [3.05, 3.63) is 77.9 Å². The number of methoxy groups -OCH3 is 1. The fourth-order valence-electron chi connectivity index (χ4n) is 7.36. The minimum atomic E-state index is -0.0399. The first-order valence-corrected chi connectivity index (χ1v) is 13.2. The minimum absolute atomic E-state index is 0.0304. The lowest BCUT2D eigenvalue weighted by atomic mass is 9.55. The smallest absolute Gasteiger partial charge is 0.141 e. The minimum Gasteiger partial charge on any atom is -0.497 e. The van der Waals surface area contributed by atoms with Crippen LogP contribution >= 0.6 is 0 Å². The zero-order chi connectivity index (χ0) is 24.9. The predicted octanol–water partition coefficient (Wildman–Crippen LogP) is 6.22. The van der Waals surface area contributed by atoms with Gasteiger partial charge in [0.05, 0.1) is 7.11 Å². The van der Waals surface area contributed by atoms with Crippen molar-refractivity contribution in [3.8, 4) is 17.2 Å². The summed E-state index contributed by atoms with van der Waals surface area (Å²) >= 11 is 0. The Morgan fingerprint density at radius 1 is 0.806 bits per heavy atom. The molecule has 6 rings (SSSR count). The third-order valence-corrected chi connectivity index (χ3v) is 9.16. The number of rotatable bonds is 5. The van der Waals surface area contributed by atoms with Crippen LogP contribution in [-0.2, 0) is 6.42 Å². The van der Waals surface area contributed by atoms with E-state index in [9.17, 15) is 0 Å². The van der Waals surface area contributed by atoms with Crippen LogP contribution in [-0.4, -0.2) is 19.3 Å². The second-order valence-electron chi connectivity index (χ2n) is 11.1. The Morgan fingerprint density at radius 2 is 1.44 bits per heavy atom. The predicted molar refractivity (Wildman–Crippen MR) is 144 cm³/mol. The number of aryl methyl sites for hydroxylation is 1. The number of nitrogens with two attached hydrogens (primary N) is 2. The maximum Gasteiger partial charge on any atom is 0.141 e. The van der Waals surface area contributed by atoms with Crippen molar-refractivity contribution in [2.45, 2.75) is 57.2 Å². The van der Waals surface area contributed by atoms with E-state index in [-0.39, 0.29) is 17.6 Å². The molecular formula is C31H36N2O3. The van der Waals surface area contributed by atoms with Crippen LogP contribution < -0.4 is 25.7 Å². The van der Waals surface area contributed by atoms with Crippen molar-refractivity contribution in [2.75, 3.05) is 18.6 Å². The highest BCUT2D eigenvalue weighted by Gasteiger charge is 2.60. The van der Waals surface area contributed by atoms with E-state index in [2.05, 4.69) is 25.1 Å². The van der Waals surface area contributed by atoms with Gasteiger partial charge in [-0.05, 0) is 122 Å². The lowest BCUT2D eigenvalue weighted by molar-refractivity contribution is -0.0307. The van der Waals surface area contributed by atoms with Gasteiger partial charge in [-0.1, -0.05) is 13.0 Å². The Hall–Kier alpha value is -3.34. The summed E-state index contributed by atoms with van der Waals surface area (Å²) in [5.41, 5.74) is 16.4. The normalized spacial score (nSPS) is 30.6. The lowest BCUT2D eigenvalue weighted by Crippen LogP contribution is -2.47. The molecule has 2 saturated carbocycles. The highest BCUT2D eigenvalue weighted by Crippen LogP contribution is 2.62. The quantitative estimate of drug-likeness (QED) is 0.420. The summed E-state index contributed by atoms with van der Waals surface area (Å²) in [5, 5.41) is 0. The molecule has 188 valence electrons. The summed E-state index contributed by atoms with van der Waals surface area (Å²) in [6.45, 7) is 2.44. The fourth-order valence-corrected chi connectivity index (χ4v) is 7.36. The number of ether oxygens (including phenoxy) is 3. The molecule has 36 heavy (non-hydrogen) atoms. The highest BCUT2D eigenvalue weighted by atomic mass is 16.5. The first-order chi connectivity index (χ1) is 17.4. The molecule has 0 saturated heterocycles. The Morgan fingerprint density at radius 3 is 2.11 bits per heavy atom. The van der Waals surface area contributed by atoms with E-state index in [4.69, 9.17) is 25.7 Å². The molecule has 6 atom stereocenters. The second-order valence-corrected chi connectivity index (χ2v) is 11.1. The Bertz CT molecular complexity index is 1230. The van der Waals surface area contributed by atoms with Crippen molar-refractivity contribution in [3.63, 3.8) is 0 Å². The largest absolute Gasteiger partial charge is 0.497 e. The van der Waals surface area contributed by atoms with Gasteiger partial charge in [0.2, 0.25) is 0 Å². The number of fused-ring (bicyclic) bond motifs is 5. The summed E-state index contributed by atoms with van der Waals surface area (Å²) in [5.74, 6) is 4.41. The maximum absolute atomic E-state index is 6.77. The molecule has 3 aliphatic carbocycles. The maximum atomic E-state index is 6.77. The third-order valence-electron chi connectivity index (χ3n) is 9.16. The molecule has 3 aromatic rings. The van der Waals surface area contributed by atoms with Crippen LogP contribution in [0, 0.1) is 17.3 Å². The molecule has 2 fully saturated rings. The van der Waals surface area contributed by atoms with Gasteiger partial charge in [0, 0.05) is 16.8 Å². The van der Waals surface area contributed by atoms with Crippen LogP contribution in [0.1, 0.15) is 49.7 Å². The van der Waals surface area contributed by atoms with Gasteiger partial charge < -0.3 is 25.7 Å². The molecule has 5 heteroatoms. The van der Waals surface area contributed by atoms with Gasteiger partial charge in [0.15, 0.2) is 0 Å². The van der Waals surface area contributed by atoms with Crippen LogP contribution in [0.25, 0.3) is 0 Å². The Balaban J connectivity index is 1.32. The molecule has 3 aromatic carbocycles. The summed E-state index contributed by atoms with van der Waals surface area (Å²) in [6, 6.07) is 22.2. The summed E-state index contributed by atoms with van der Waals surface area (Å²) in [4.78, 5) is 0. The van der Waals surface area contributed by atoms with Gasteiger partial charge in [0.1, 0.15) is 29.5 Å². The van der Waals surface area contributed by atoms with E-state index >= 15 is 0 Å². The number of benzene rings is 3. The van der Waals surface area contributed by atoms with Gasteiger partial charge in [-0.2, -0.15) is 0 Å². The van der Waals surface area contributed by atoms with E-state index in [1.165, 1.54) is 24.0 Å². The monoisotopic (exact) mass is 484 g/mol. The van der Waals surface area contributed by atoms with Crippen LogP contribution in [0.5, 0.6) is 17.2 Å². The zero-order valence-corrected chi connectivity index (χ0v) is 21.2. The summed E-state index contributed by atoms with van der Waals surface area (Å²) in [7, 11) is 1.75. The van der Waals surface area contributed by atoms with Gasteiger partial charge in [-0.25, -0.2) is 0 Å². The lowest BCUT2D eigenvalue weighted by Gasteiger charge is -2.50. The van der Waals surface area contributed by atoms with Gasteiger partial charge in [0.25, 0.3) is 0 Å². The van der Waals surface area contributed by atoms with Gasteiger partial charge in [-0.3, -0.25) is 0 Å². The molecule has 0 aliphatic heterocycles. The third kappa shape index (κ3) is 3.95. The molecular weight excluding hydrogens is 448 g/mol. The van der Waals surface area contributed by atoms with Crippen molar-refractivity contribution in [1.29, 1.82) is 0 Å². The number of hydrogen-bond acceptors (Lipinski definition) is 5. The molecule has 3 aliphatic rings. The van der Waals surface area contributed by atoms with E-state index in [0.29, 0.717) is 17.8 Å². The van der Waals surface area contributed by atoms with Crippen LogP contribution in [0.3, 0.4) is 0 Å². The Kier molecular flexibility index (Phi) is 5.74. The molecule has 5 nitrogen and oxygen atoms in total. The van der Waals surface area contributed by atoms with Crippen molar-refractivity contribution >= 4 is 11.4 Å². The molecule has 0 spiro atoms. The molecule has 0 amide bonds. The van der Waals surface area contributed by atoms with Crippen LogP contribution in [0.2, 0.25) is 0 Å². The molecule has 0 radical (unpaired) electrons. The number of anilines is 2. The van der Waals surface area contributed by atoms with Crippen LogP contribution in [0.15, 0.2) is 66.7 Å². The van der Waals surface area contributed by atoms with E-state index in [0.717, 1.165) is 47.9 Å². The van der Waals surface area contributed by atoms with Gasteiger partial charge >= 0.3 is 0 Å². The number of nitrogen functional groups attached to an aromatic ring is 2. The van der Waals surface area contributed by atoms with Gasteiger partial charge in [-0.15, -0.1) is 0 Å². The first-order valence-electron chi connectivity index (χ1n) is 13.2. The van der Waals surface area contributed by atoms with E-state index in [1.54, 1.807) is 7.11 Å². The summed E-state index contributed by atoms with van der Waals surface area (Å²) < 4.78 is 18.9. The SMILES string of the molecule is COc1ccc2c(c1)CCC1C2CCC2(C)C1CC(Oc1ccc(N)cc1)C2Oc1ccc(N)cc1. The van der Waals surface area contributed by atoms with Crippen molar-refractivity contribution in [1.82, 2.24) is 0 Å². The molecule has 6 unspecified atom stereocenters. The highest BCUT2D eigenvalue weighted by molar-refractivity contribution is 5.44. The zero-order valence-electron chi connectivity index (χ0n) is 21.2. The first kappa shape index (κ1) is 23.1. The van der Waals surface area contributed by atoms with E-state index in [1.807, 2.05) is 48.5 Å². The van der Waals surface area contributed by atoms with E-state index < -0.39 is 0 Å². The average molecular weight is 485 g/mol. The van der Waals surface area contributed by atoms with Crippen molar-refractivity contribution in [2.24, 2.45) is 17.3 Å². The molecule has 0 bridgehead atoms. The average Bonchev–Trinajstić information content (AvgIpc) is 3.17. The fraction of sp³-hybridized carbons (Fsp3) is 0.419. The number of hydrogen-bond donors (Lipinski definition) is 2. The molecule has 0 aromatic heterocycles. The standard InChI is InChI=1S/C31H36N2O3/c1-31-16-15-26-25-14-12-24(34-2)17-19(25)3-13-27(26)28(31)18-29(35-22-8-4-20(32)5-9-22)30(31)36-23-10-6-21(33)7-11-23/h4-12,14,17,26-30H,3,13,15-16,18,32-33H2,1-2H3. The van der Waals surface area contributed by atoms with Crippen LogP contribution in [0.4, 0.5) is 11.4 Å². The second kappa shape index (κ2) is 8.95.